The molecule has 1 aliphatic heterocycles. The van der Waals surface area contributed by atoms with Gasteiger partial charge in [-0.3, -0.25) is 0 Å². The van der Waals surface area contributed by atoms with Crippen molar-refractivity contribution in [1.82, 2.24) is 4.90 Å². The molecule has 2 rings (SSSR count). The van der Waals surface area contributed by atoms with Crippen molar-refractivity contribution in [3.05, 3.63) is 35.4 Å². The van der Waals surface area contributed by atoms with Crippen LogP contribution in [0, 0.1) is 11.6 Å². The molecule has 90 valence electrons. The molecule has 1 aliphatic rings. The number of carbonyl (C=O) groups is 2. The molecule has 17 heavy (non-hydrogen) atoms. The van der Waals surface area contributed by atoms with Crippen molar-refractivity contribution < 1.29 is 28.2 Å². The first-order valence-corrected chi connectivity index (χ1v) is 4.64. The molecular weight excluding hydrogens is 236 g/mol. The maximum absolute atomic E-state index is 13.0. The molecule has 1 heterocycles. The van der Waals surface area contributed by atoms with Gasteiger partial charge in [-0.25, -0.2) is 23.3 Å². The number of amides is 2. The second-order valence-corrected chi connectivity index (χ2v) is 3.45. The lowest BCUT2D eigenvalue weighted by Gasteiger charge is -2.16. The number of benzene rings is 1. The van der Waals surface area contributed by atoms with E-state index in [-0.39, 0.29) is 12.2 Å². The van der Waals surface area contributed by atoms with E-state index in [0.717, 1.165) is 12.1 Å². The topological polar surface area (TPSA) is 66.8 Å². The van der Waals surface area contributed by atoms with Crippen LogP contribution in [-0.4, -0.2) is 28.8 Å². The Morgan fingerprint density at radius 2 is 1.94 bits per heavy atom. The van der Waals surface area contributed by atoms with Crippen LogP contribution in [0.25, 0.3) is 0 Å². The van der Waals surface area contributed by atoms with Crippen molar-refractivity contribution in [2.24, 2.45) is 0 Å². The average molecular weight is 243 g/mol. The Morgan fingerprint density at radius 1 is 1.35 bits per heavy atom. The molecule has 0 radical (unpaired) electrons. The van der Waals surface area contributed by atoms with Gasteiger partial charge in [0.05, 0.1) is 0 Å². The number of halogens is 2. The van der Waals surface area contributed by atoms with Crippen molar-refractivity contribution in [2.75, 3.05) is 6.61 Å². The lowest BCUT2D eigenvalue weighted by molar-refractivity contribution is 0.135. The van der Waals surface area contributed by atoms with Crippen LogP contribution in [0.4, 0.5) is 18.4 Å². The van der Waals surface area contributed by atoms with Crippen molar-refractivity contribution >= 4 is 12.2 Å². The predicted octanol–water partition coefficient (Wildman–Crippen LogP) is 2.14. The quantitative estimate of drug-likeness (QED) is 0.820. The summed E-state index contributed by atoms with van der Waals surface area (Å²) in [5.74, 6) is -1.69. The van der Waals surface area contributed by atoms with Gasteiger partial charge in [0, 0.05) is 6.07 Å². The van der Waals surface area contributed by atoms with Crippen LogP contribution in [0.15, 0.2) is 18.2 Å². The SMILES string of the molecule is O=C(O)N1C(=O)OCC1c1cc(F)cc(F)c1. The molecule has 0 spiro atoms. The molecule has 1 atom stereocenters. The van der Waals surface area contributed by atoms with Gasteiger partial charge in [0.1, 0.15) is 24.3 Å². The van der Waals surface area contributed by atoms with Crippen molar-refractivity contribution in [3.63, 3.8) is 0 Å². The third kappa shape index (κ3) is 2.03. The second-order valence-electron chi connectivity index (χ2n) is 3.45. The van der Waals surface area contributed by atoms with Crippen LogP contribution in [0.1, 0.15) is 11.6 Å². The van der Waals surface area contributed by atoms with E-state index in [1.807, 2.05) is 0 Å². The molecule has 0 saturated carbocycles. The van der Waals surface area contributed by atoms with Crippen molar-refractivity contribution in [1.29, 1.82) is 0 Å². The third-order valence-corrected chi connectivity index (χ3v) is 2.35. The summed E-state index contributed by atoms with van der Waals surface area (Å²) in [5, 5.41) is 8.79. The summed E-state index contributed by atoms with van der Waals surface area (Å²) in [5.41, 5.74) is 0.0377. The van der Waals surface area contributed by atoms with E-state index in [1.165, 1.54) is 0 Å². The molecular formula is C10H7F2NO4. The molecule has 0 aromatic heterocycles. The molecule has 0 bridgehead atoms. The zero-order valence-corrected chi connectivity index (χ0v) is 8.39. The number of imide groups is 1. The summed E-state index contributed by atoms with van der Waals surface area (Å²) in [6.45, 7) is -0.256. The van der Waals surface area contributed by atoms with E-state index in [9.17, 15) is 18.4 Å². The summed E-state index contributed by atoms with van der Waals surface area (Å²) < 4.78 is 30.5. The van der Waals surface area contributed by atoms with E-state index < -0.39 is 29.9 Å². The first-order chi connectivity index (χ1) is 7.99. The van der Waals surface area contributed by atoms with Crippen LogP contribution in [-0.2, 0) is 4.74 Å². The smallest absolute Gasteiger partial charge is 0.420 e. The standard InChI is InChI=1S/C10H7F2NO4/c11-6-1-5(2-7(12)3-6)8-4-17-10(16)13(8)9(14)15/h1-3,8H,4H2,(H,14,15). The molecule has 5 nitrogen and oxygen atoms in total. The Hall–Kier alpha value is -2.18. The Kier molecular flexibility index (Phi) is 2.66. The molecule has 1 aromatic rings. The molecule has 0 aliphatic carbocycles. The first-order valence-electron chi connectivity index (χ1n) is 4.64. The summed E-state index contributed by atoms with van der Waals surface area (Å²) in [4.78, 5) is 22.3. The third-order valence-electron chi connectivity index (χ3n) is 2.35. The van der Waals surface area contributed by atoms with E-state index in [1.54, 1.807) is 0 Å². The number of rotatable bonds is 1. The minimum absolute atomic E-state index is 0.0377. The number of carboxylic acid groups (broad SMARTS) is 1. The minimum Gasteiger partial charge on any atom is -0.465 e. The Morgan fingerprint density at radius 3 is 2.47 bits per heavy atom. The highest BCUT2D eigenvalue weighted by Crippen LogP contribution is 2.28. The molecule has 1 saturated heterocycles. The summed E-state index contributed by atoms with van der Waals surface area (Å²) in [7, 11) is 0. The lowest BCUT2D eigenvalue weighted by Crippen LogP contribution is -2.32. The number of carbonyl (C=O) groups excluding carboxylic acids is 1. The van der Waals surface area contributed by atoms with Gasteiger partial charge in [0.2, 0.25) is 0 Å². The van der Waals surface area contributed by atoms with Gasteiger partial charge in [-0.05, 0) is 17.7 Å². The van der Waals surface area contributed by atoms with Crippen LogP contribution in [0.3, 0.4) is 0 Å². The highest BCUT2D eigenvalue weighted by molar-refractivity contribution is 5.88. The number of nitrogens with zero attached hydrogens (tertiary/aromatic N) is 1. The first kappa shape index (κ1) is 11.3. The number of hydrogen-bond acceptors (Lipinski definition) is 3. The number of ether oxygens (including phenoxy) is 1. The summed E-state index contributed by atoms with van der Waals surface area (Å²) in [6.07, 6.45) is -2.57. The maximum atomic E-state index is 13.0. The van der Waals surface area contributed by atoms with E-state index in [0.29, 0.717) is 11.0 Å². The highest BCUT2D eigenvalue weighted by Gasteiger charge is 2.39. The van der Waals surface area contributed by atoms with Gasteiger partial charge in [-0.2, -0.15) is 0 Å². The van der Waals surface area contributed by atoms with Crippen LogP contribution >= 0.6 is 0 Å². The monoisotopic (exact) mass is 243 g/mol. The second kappa shape index (κ2) is 4.00. The predicted molar refractivity (Wildman–Crippen MR) is 50.3 cm³/mol. The molecule has 1 unspecified atom stereocenters. The van der Waals surface area contributed by atoms with Crippen LogP contribution in [0.2, 0.25) is 0 Å². The fourth-order valence-corrected chi connectivity index (χ4v) is 1.65. The lowest BCUT2D eigenvalue weighted by atomic mass is 10.1. The molecule has 1 aromatic carbocycles. The van der Waals surface area contributed by atoms with E-state index in [2.05, 4.69) is 4.74 Å². The average Bonchev–Trinajstić information content (AvgIpc) is 2.58. The van der Waals surface area contributed by atoms with E-state index in [4.69, 9.17) is 5.11 Å². The summed E-state index contributed by atoms with van der Waals surface area (Å²) >= 11 is 0. The number of hydrogen-bond donors (Lipinski definition) is 1. The van der Waals surface area contributed by atoms with Gasteiger partial charge in [0.15, 0.2) is 0 Å². The number of cyclic esters (lactones) is 1. The Labute approximate surface area is 94.2 Å². The highest BCUT2D eigenvalue weighted by atomic mass is 19.1. The van der Waals surface area contributed by atoms with Crippen LogP contribution in [0.5, 0.6) is 0 Å². The van der Waals surface area contributed by atoms with Gasteiger partial charge >= 0.3 is 12.2 Å². The van der Waals surface area contributed by atoms with Crippen molar-refractivity contribution in [3.8, 4) is 0 Å². The van der Waals surface area contributed by atoms with Gasteiger partial charge in [0.25, 0.3) is 0 Å². The molecule has 1 fully saturated rings. The van der Waals surface area contributed by atoms with Gasteiger partial charge in [-0.15, -0.1) is 0 Å². The van der Waals surface area contributed by atoms with Gasteiger partial charge < -0.3 is 9.84 Å². The van der Waals surface area contributed by atoms with Crippen LogP contribution < -0.4 is 0 Å². The fourth-order valence-electron chi connectivity index (χ4n) is 1.65. The van der Waals surface area contributed by atoms with E-state index >= 15 is 0 Å². The largest absolute Gasteiger partial charge is 0.465 e. The Bertz CT molecular complexity index is 471. The normalized spacial score (nSPS) is 19.3. The fraction of sp³-hybridized carbons (Fsp3) is 0.200. The maximum Gasteiger partial charge on any atom is 0.420 e. The minimum atomic E-state index is -1.53. The van der Waals surface area contributed by atoms with Crippen molar-refractivity contribution in [2.45, 2.75) is 6.04 Å². The summed E-state index contributed by atoms with van der Waals surface area (Å²) in [6, 6.07) is 1.56. The zero-order valence-electron chi connectivity index (χ0n) is 8.39. The molecule has 2 amide bonds. The zero-order chi connectivity index (χ0) is 12.6. The molecule has 7 heteroatoms. The van der Waals surface area contributed by atoms with Gasteiger partial charge in [-0.1, -0.05) is 0 Å². The Balaban J connectivity index is 2.39. The molecule has 1 N–H and O–H groups in total.